The second-order valence-electron chi connectivity index (χ2n) is 5.93. The van der Waals surface area contributed by atoms with E-state index < -0.39 is 6.10 Å². The summed E-state index contributed by atoms with van der Waals surface area (Å²) >= 11 is 0. The first kappa shape index (κ1) is 12.7. The van der Waals surface area contributed by atoms with Gasteiger partial charge in [0, 0.05) is 5.39 Å². The van der Waals surface area contributed by atoms with Crippen molar-refractivity contribution in [2.45, 2.75) is 51.6 Å². The van der Waals surface area contributed by atoms with Gasteiger partial charge in [0.15, 0.2) is 0 Å². The lowest BCUT2D eigenvalue weighted by atomic mass is 9.99. The molecule has 1 aliphatic carbocycles. The molecule has 1 fully saturated rings. The molecule has 19 heavy (non-hydrogen) atoms. The summed E-state index contributed by atoms with van der Waals surface area (Å²) in [5, 5.41) is 11.3. The Morgan fingerprint density at radius 2 is 2.05 bits per heavy atom. The number of aliphatic hydroxyl groups is 1. The van der Waals surface area contributed by atoms with E-state index in [2.05, 4.69) is 13.0 Å². The molecule has 1 aliphatic rings. The average Bonchev–Trinajstić information content (AvgIpc) is 3.04. The zero-order valence-corrected chi connectivity index (χ0v) is 11.6. The number of furan rings is 1. The minimum atomic E-state index is -0.451. The third-order valence-electron chi connectivity index (χ3n) is 4.34. The maximum Gasteiger partial charge on any atom is 0.134 e. The third-order valence-corrected chi connectivity index (χ3v) is 4.34. The van der Waals surface area contributed by atoms with E-state index in [0.29, 0.717) is 0 Å². The first-order valence-electron chi connectivity index (χ1n) is 7.40. The van der Waals surface area contributed by atoms with E-state index in [0.717, 1.165) is 35.5 Å². The molecule has 1 atom stereocenters. The maximum atomic E-state index is 10.3. The first-order valence-corrected chi connectivity index (χ1v) is 7.40. The van der Waals surface area contributed by atoms with Crippen LogP contribution >= 0.6 is 0 Å². The van der Waals surface area contributed by atoms with Crippen LogP contribution in [-0.2, 0) is 0 Å². The Kier molecular flexibility index (Phi) is 3.61. The quantitative estimate of drug-likeness (QED) is 0.858. The van der Waals surface area contributed by atoms with Crippen LogP contribution in [0.5, 0.6) is 0 Å². The van der Waals surface area contributed by atoms with Crippen molar-refractivity contribution in [2.75, 3.05) is 0 Å². The van der Waals surface area contributed by atoms with Gasteiger partial charge >= 0.3 is 0 Å². The van der Waals surface area contributed by atoms with Crippen molar-refractivity contribution in [1.82, 2.24) is 0 Å². The van der Waals surface area contributed by atoms with E-state index in [1.165, 1.54) is 31.2 Å². The Balaban J connectivity index is 1.68. The van der Waals surface area contributed by atoms with Gasteiger partial charge in [0.2, 0.25) is 0 Å². The zero-order chi connectivity index (χ0) is 13.2. The molecule has 1 aromatic carbocycles. The number of aliphatic hydroxyl groups excluding tert-OH is 1. The molecule has 1 heterocycles. The predicted molar refractivity (Wildman–Crippen MR) is 77.1 cm³/mol. The Labute approximate surface area is 114 Å². The molecule has 0 radical (unpaired) electrons. The Bertz CT molecular complexity index is 549. The van der Waals surface area contributed by atoms with E-state index in [4.69, 9.17) is 4.42 Å². The zero-order valence-electron chi connectivity index (χ0n) is 11.6. The van der Waals surface area contributed by atoms with Crippen molar-refractivity contribution in [2.24, 2.45) is 5.92 Å². The monoisotopic (exact) mass is 258 g/mol. The molecule has 102 valence electrons. The SMILES string of the molecule is Cc1ccc2oc(C(O)CCC3CCCC3)cc2c1. The second-order valence-corrected chi connectivity index (χ2v) is 5.93. The minimum Gasteiger partial charge on any atom is -0.458 e. The number of hydrogen-bond donors (Lipinski definition) is 1. The normalized spacial score (nSPS) is 18.2. The van der Waals surface area contributed by atoms with Crippen LogP contribution in [-0.4, -0.2) is 5.11 Å². The molecule has 1 unspecified atom stereocenters. The highest BCUT2D eigenvalue weighted by atomic mass is 16.4. The van der Waals surface area contributed by atoms with Crippen LogP contribution < -0.4 is 0 Å². The molecule has 1 N–H and O–H groups in total. The molecule has 0 bridgehead atoms. The summed E-state index contributed by atoms with van der Waals surface area (Å²) in [4.78, 5) is 0. The molecule has 2 aromatic rings. The van der Waals surface area contributed by atoms with E-state index >= 15 is 0 Å². The topological polar surface area (TPSA) is 33.4 Å². The van der Waals surface area contributed by atoms with Gasteiger partial charge in [-0.05, 0) is 43.9 Å². The highest BCUT2D eigenvalue weighted by Gasteiger charge is 2.19. The molecule has 2 heteroatoms. The first-order chi connectivity index (χ1) is 9.22. The number of aryl methyl sites for hydroxylation is 1. The smallest absolute Gasteiger partial charge is 0.134 e. The van der Waals surface area contributed by atoms with Crippen molar-refractivity contribution < 1.29 is 9.52 Å². The lowest BCUT2D eigenvalue weighted by Crippen LogP contribution is -2.00. The third kappa shape index (κ3) is 2.84. The van der Waals surface area contributed by atoms with Gasteiger partial charge in [-0.2, -0.15) is 0 Å². The molecule has 3 rings (SSSR count). The van der Waals surface area contributed by atoms with Crippen LogP contribution in [0.4, 0.5) is 0 Å². The summed E-state index contributed by atoms with van der Waals surface area (Å²) in [5.74, 6) is 1.54. The number of benzene rings is 1. The van der Waals surface area contributed by atoms with Crippen LogP contribution in [0.15, 0.2) is 28.7 Å². The summed E-state index contributed by atoms with van der Waals surface area (Å²) in [6, 6.07) is 8.12. The van der Waals surface area contributed by atoms with E-state index in [9.17, 15) is 5.11 Å². The van der Waals surface area contributed by atoms with Gasteiger partial charge in [0.25, 0.3) is 0 Å². The van der Waals surface area contributed by atoms with Gasteiger partial charge in [-0.15, -0.1) is 0 Å². The fraction of sp³-hybridized carbons (Fsp3) is 0.529. The molecule has 2 nitrogen and oxygen atoms in total. The summed E-state index contributed by atoms with van der Waals surface area (Å²) in [7, 11) is 0. The van der Waals surface area contributed by atoms with Crippen LogP contribution in [0.2, 0.25) is 0 Å². The molecular formula is C17H22O2. The fourth-order valence-corrected chi connectivity index (χ4v) is 3.18. The second kappa shape index (κ2) is 5.38. The van der Waals surface area contributed by atoms with Gasteiger partial charge in [0.1, 0.15) is 17.4 Å². The minimum absolute atomic E-state index is 0.451. The van der Waals surface area contributed by atoms with Gasteiger partial charge in [-0.3, -0.25) is 0 Å². The maximum absolute atomic E-state index is 10.3. The van der Waals surface area contributed by atoms with Crippen molar-refractivity contribution >= 4 is 11.0 Å². The summed E-state index contributed by atoms with van der Waals surface area (Å²) in [5.41, 5.74) is 2.10. The molecule has 1 saturated carbocycles. The molecular weight excluding hydrogens is 236 g/mol. The lowest BCUT2D eigenvalue weighted by Gasteiger charge is -2.11. The lowest BCUT2D eigenvalue weighted by molar-refractivity contribution is 0.133. The van der Waals surface area contributed by atoms with Crippen molar-refractivity contribution in [1.29, 1.82) is 0 Å². The summed E-state index contributed by atoms with van der Waals surface area (Å²) in [6.07, 6.45) is 6.90. The van der Waals surface area contributed by atoms with E-state index in [1.54, 1.807) is 0 Å². The molecule has 0 amide bonds. The van der Waals surface area contributed by atoms with Gasteiger partial charge < -0.3 is 9.52 Å². The average molecular weight is 258 g/mol. The van der Waals surface area contributed by atoms with Crippen LogP contribution in [0.25, 0.3) is 11.0 Å². The van der Waals surface area contributed by atoms with E-state index in [1.807, 2.05) is 18.2 Å². The number of fused-ring (bicyclic) bond motifs is 1. The summed E-state index contributed by atoms with van der Waals surface area (Å²) in [6.45, 7) is 2.07. The van der Waals surface area contributed by atoms with Gasteiger partial charge in [-0.25, -0.2) is 0 Å². The molecule has 1 aromatic heterocycles. The number of hydrogen-bond acceptors (Lipinski definition) is 2. The fourth-order valence-electron chi connectivity index (χ4n) is 3.18. The highest BCUT2D eigenvalue weighted by Crippen LogP contribution is 2.33. The molecule has 0 aliphatic heterocycles. The highest BCUT2D eigenvalue weighted by molar-refractivity contribution is 5.78. The Morgan fingerprint density at radius 3 is 2.84 bits per heavy atom. The largest absolute Gasteiger partial charge is 0.458 e. The predicted octanol–water partition coefficient (Wildman–Crippen LogP) is 4.75. The van der Waals surface area contributed by atoms with Gasteiger partial charge in [0.05, 0.1) is 0 Å². The Morgan fingerprint density at radius 1 is 1.26 bits per heavy atom. The summed E-state index contributed by atoms with van der Waals surface area (Å²) < 4.78 is 5.75. The van der Waals surface area contributed by atoms with Gasteiger partial charge in [-0.1, -0.05) is 37.3 Å². The molecule has 0 saturated heterocycles. The number of rotatable bonds is 4. The Hall–Kier alpha value is -1.28. The molecule has 0 spiro atoms. The van der Waals surface area contributed by atoms with E-state index in [-0.39, 0.29) is 0 Å². The van der Waals surface area contributed by atoms with Crippen molar-refractivity contribution in [3.05, 3.63) is 35.6 Å². The standard InChI is InChI=1S/C17H22O2/c1-12-6-9-16-14(10-12)11-17(19-16)15(18)8-7-13-4-2-3-5-13/h6,9-11,13,15,18H,2-5,7-8H2,1H3. The van der Waals surface area contributed by atoms with Crippen LogP contribution in [0, 0.1) is 12.8 Å². The van der Waals surface area contributed by atoms with Crippen molar-refractivity contribution in [3.63, 3.8) is 0 Å². The van der Waals surface area contributed by atoms with Crippen LogP contribution in [0.3, 0.4) is 0 Å². The van der Waals surface area contributed by atoms with Crippen LogP contribution in [0.1, 0.15) is 56.0 Å². The van der Waals surface area contributed by atoms with Crippen molar-refractivity contribution in [3.8, 4) is 0 Å².